The third-order valence-electron chi connectivity index (χ3n) is 2.65. The third kappa shape index (κ3) is 1.91. The number of rotatable bonds is 2. The average molecular weight is 228 g/mol. The topological polar surface area (TPSA) is 43.4 Å². The first-order chi connectivity index (χ1) is 8.15. The number of methoxy groups -OCH3 is 1. The third-order valence-corrected chi connectivity index (χ3v) is 2.65. The van der Waals surface area contributed by atoms with E-state index in [0.29, 0.717) is 11.3 Å². The van der Waals surface area contributed by atoms with Crippen LogP contribution in [0.3, 0.4) is 0 Å². The molecule has 0 unspecified atom stereocenters. The van der Waals surface area contributed by atoms with E-state index >= 15 is 0 Å². The molecule has 1 aliphatic carbocycles. The van der Waals surface area contributed by atoms with Gasteiger partial charge in [-0.15, -0.1) is 0 Å². The van der Waals surface area contributed by atoms with Crippen molar-refractivity contribution in [2.45, 2.75) is 6.92 Å². The van der Waals surface area contributed by atoms with E-state index in [1.165, 1.54) is 13.2 Å². The molecule has 1 aliphatic rings. The van der Waals surface area contributed by atoms with E-state index < -0.39 is 0 Å². The summed E-state index contributed by atoms with van der Waals surface area (Å²) in [6.07, 6.45) is 1.35. The Morgan fingerprint density at radius 3 is 2.24 bits per heavy atom. The molecule has 2 rings (SSSR count). The number of hydrogen-bond donors (Lipinski definition) is 0. The minimum atomic E-state index is -0.284. The SMILES string of the molecule is COC(=C1C(=O)C=C(C)C1=O)c1ccccc1. The Hall–Kier alpha value is -2.16. The highest BCUT2D eigenvalue weighted by Gasteiger charge is 2.30. The largest absolute Gasteiger partial charge is 0.495 e. The quantitative estimate of drug-likeness (QED) is 0.442. The standard InChI is InChI=1S/C14H12O3/c1-9-8-11(15)12(13(9)16)14(17-2)10-6-4-3-5-7-10/h3-8H,1-2H3. The van der Waals surface area contributed by atoms with E-state index in [1.54, 1.807) is 19.1 Å². The van der Waals surface area contributed by atoms with Gasteiger partial charge in [-0.05, 0) is 13.0 Å². The maximum absolute atomic E-state index is 11.9. The van der Waals surface area contributed by atoms with Crippen LogP contribution in [0.1, 0.15) is 12.5 Å². The average Bonchev–Trinajstić information content (AvgIpc) is 2.58. The van der Waals surface area contributed by atoms with Crippen molar-refractivity contribution in [3.8, 4) is 0 Å². The number of allylic oxidation sites excluding steroid dienone is 3. The Bertz CT molecular complexity index is 536. The van der Waals surface area contributed by atoms with Crippen molar-refractivity contribution in [3.63, 3.8) is 0 Å². The second-order valence-electron chi connectivity index (χ2n) is 3.79. The van der Waals surface area contributed by atoms with Crippen molar-refractivity contribution in [1.82, 2.24) is 0 Å². The van der Waals surface area contributed by atoms with Crippen LogP contribution in [-0.4, -0.2) is 18.7 Å². The molecule has 0 bridgehead atoms. The van der Waals surface area contributed by atoms with Crippen LogP contribution >= 0.6 is 0 Å². The molecule has 86 valence electrons. The van der Waals surface area contributed by atoms with Gasteiger partial charge in [0.25, 0.3) is 0 Å². The van der Waals surface area contributed by atoms with E-state index in [2.05, 4.69) is 0 Å². The summed E-state index contributed by atoms with van der Waals surface area (Å²) in [5.74, 6) is -0.197. The molecule has 0 aromatic heterocycles. The molecule has 17 heavy (non-hydrogen) atoms. The lowest BCUT2D eigenvalue weighted by Crippen LogP contribution is -2.08. The van der Waals surface area contributed by atoms with E-state index in [4.69, 9.17) is 4.74 Å². The van der Waals surface area contributed by atoms with Gasteiger partial charge >= 0.3 is 0 Å². The Kier molecular flexibility index (Phi) is 2.91. The monoisotopic (exact) mass is 228 g/mol. The smallest absolute Gasteiger partial charge is 0.196 e. The first-order valence-corrected chi connectivity index (χ1v) is 5.26. The maximum Gasteiger partial charge on any atom is 0.196 e. The van der Waals surface area contributed by atoms with Gasteiger partial charge in [-0.25, -0.2) is 0 Å². The lowest BCUT2D eigenvalue weighted by atomic mass is 10.0. The van der Waals surface area contributed by atoms with Gasteiger partial charge in [0, 0.05) is 11.1 Å². The summed E-state index contributed by atoms with van der Waals surface area (Å²) < 4.78 is 5.21. The molecule has 0 saturated heterocycles. The summed E-state index contributed by atoms with van der Waals surface area (Å²) in [5, 5.41) is 0. The molecular formula is C14H12O3. The lowest BCUT2D eigenvalue weighted by Gasteiger charge is -2.08. The van der Waals surface area contributed by atoms with Crippen molar-refractivity contribution < 1.29 is 14.3 Å². The zero-order chi connectivity index (χ0) is 12.4. The molecule has 3 heteroatoms. The summed E-state index contributed by atoms with van der Waals surface area (Å²) in [6.45, 7) is 1.63. The zero-order valence-corrected chi connectivity index (χ0v) is 9.69. The number of ether oxygens (including phenoxy) is 1. The van der Waals surface area contributed by atoms with Crippen LogP contribution in [0.15, 0.2) is 47.6 Å². The van der Waals surface area contributed by atoms with Crippen LogP contribution in [0, 0.1) is 0 Å². The van der Waals surface area contributed by atoms with Gasteiger partial charge in [0.05, 0.1) is 7.11 Å². The first-order valence-electron chi connectivity index (χ1n) is 5.26. The molecule has 0 saturated carbocycles. The second-order valence-corrected chi connectivity index (χ2v) is 3.79. The second kappa shape index (κ2) is 4.37. The van der Waals surface area contributed by atoms with Crippen LogP contribution < -0.4 is 0 Å². The molecule has 0 fully saturated rings. The van der Waals surface area contributed by atoms with Crippen molar-refractivity contribution in [2.75, 3.05) is 7.11 Å². The number of benzene rings is 1. The minimum absolute atomic E-state index is 0.121. The molecule has 0 atom stereocenters. The predicted octanol–water partition coefficient (Wildman–Crippen LogP) is 2.14. The van der Waals surface area contributed by atoms with Crippen molar-refractivity contribution in [1.29, 1.82) is 0 Å². The van der Waals surface area contributed by atoms with E-state index in [9.17, 15) is 9.59 Å². The highest BCUT2D eigenvalue weighted by molar-refractivity contribution is 6.38. The lowest BCUT2D eigenvalue weighted by molar-refractivity contribution is -0.115. The fraction of sp³-hybridized carbons (Fsp3) is 0.143. The van der Waals surface area contributed by atoms with Gasteiger partial charge in [-0.2, -0.15) is 0 Å². The van der Waals surface area contributed by atoms with Crippen LogP contribution in [-0.2, 0) is 14.3 Å². The van der Waals surface area contributed by atoms with Crippen molar-refractivity contribution in [2.24, 2.45) is 0 Å². The first kappa shape index (κ1) is 11.3. The van der Waals surface area contributed by atoms with Crippen molar-refractivity contribution >= 4 is 17.3 Å². The number of carbonyl (C=O) groups excluding carboxylic acids is 2. The van der Waals surface area contributed by atoms with Gasteiger partial charge in [0.2, 0.25) is 0 Å². The molecule has 3 nitrogen and oxygen atoms in total. The Morgan fingerprint density at radius 2 is 1.76 bits per heavy atom. The van der Waals surface area contributed by atoms with E-state index in [1.807, 2.05) is 18.2 Å². The fourth-order valence-corrected chi connectivity index (χ4v) is 1.81. The normalized spacial score (nSPS) is 18.1. The van der Waals surface area contributed by atoms with Crippen LogP contribution in [0.4, 0.5) is 0 Å². The maximum atomic E-state index is 11.9. The van der Waals surface area contributed by atoms with E-state index in [-0.39, 0.29) is 17.1 Å². The molecule has 1 aromatic carbocycles. The molecule has 0 heterocycles. The summed E-state index contributed by atoms with van der Waals surface area (Å²) in [5.41, 5.74) is 1.31. The summed E-state index contributed by atoms with van der Waals surface area (Å²) in [7, 11) is 1.46. The predicted molar refractivity (Wildman–Crippen MR) is 64.1 cm³/mol. The molecule has 1 aromatic rings. The molecule has 0 aliphatic heterocycles. The number of Topliss-reactive ketones (excluding diaryl/α,β-unsaturated/α-hetero) is 1. The zero-order valence-electron chi connectivity index (χ0n) is 9.69. The Balaban J connectivity index is 2.57. The summed E-state index contributed by atoms with van der Waals surface area (Å²) >= 11 is 0. The number of carbonyl (C=O) groups is 2. The molecule has 0 radical (unpaired) electrons. The van der Waals surface area contributed by atoms with Crippen LogP contribution in [0.2, 0.25) is 0 Å². The summed E-state index contributed by atoms with van der Waals surface area (Å²) in [4.78, 5) is 23.6. The van der Waals surface area contributed by atoms with Gasteiger partial charge in [-0.1, -0.05) is 30.3 Å². The molecule has 0 spiro atoms. The Morgan fingerprint density at radius 1 is 1.12 bits per heavy atom. The van der Waals surface area contributed by atoms with Gasteiger partial charge in [-0.3, -0.25) is 9.59 Å². The van der Waals surface area contributed by atoms with Crippen LogP contribution in [0.25, 0.3) is 5.76 Å². The van der Waals surface area contributed by atoms with Gasteiger partial charge < -0.3 is 4.74 Å². The molecule has 0 N–H and O–H groups in total. The minimum Gasteiger partial charge on any atom is -0.495 e. The summed E-state index contributed by atoms with van der Waals surface area (Å²) in [6, 6.07) is 9.14. The number of hydrogen-bond acceptors (Lipinski definition) is 3. The molecule has 0 amide bonds. The highest BCUT2D eigenvalue weighted by Crippen LogP contribution is 2.26. The fourth-order valence-electron chi connectivity index (χ4n) is 1.81. The number of ketones is 2. The molecular weight excluding hydrogens is 216 g/mol. The van der Waals surface area contributed by atoms with Crippen molar-refractivity contribution in [3.05, 3.63) is 53.1 Å². The van der Waals surface area contributed by atoms with Crippen LogP contribution in [0.5, 0.6) is 0 Å². The highest BCUT2D eigenvalue weighted by atomic mass is 16.5. The van der Waals surface area contributed by atoms with Gasteiger partial charge in [0.15, 0.2) is 11.6 Å². The Labute approximate surface area is 99.4 Å². The van der Waals surface area contributed by atoms with Gasteiger partial charge in [0.1, 0.15) is 11.3 Å². The van der Waals surface area contributed by atoms with E-state index in [0.717, 1.165) is 5.56 Å².